The van der Waals surface area contributed by atoms with E-state index in [0.29, 0.717) is 38.6 Å². The van der Waals surface area contributed by atoms with Crippen LogP contribution in [0.1, 0.15) is 33.6 Å². The number of amides is 2. The molecule has 1 atom stereocenters. The second-order valence-corrected chi connectivity index (χ2v) is 8.51. The maximum Gasteiger partial charge on any atom is 0.410 e. The molecule has 9 heteroatoms. The molecule has 2 aliphatic rings. The Labute approximate surface area is 171 Å². The predicted octanol–water partition coefficient (Wildman–Crippen LogP) is 1.78. The number of nitrogens with zero attached hydrogens (tertiary/aromatic N) is 5. The van der Waals surface area contributed by atoms with Crippen LogP contribution in [0.25, 0.3) is 0 Å². The Hall–Kier alpha value is -2.58. The van der Waals surface area contributed by atoms with E-state index in [9.17, 15) is 9.59 Å². The molecular formula is C20H31N5O4. The van der Waals surface area contributed by atoms with Crippen LogP contribution in [0, 0.1) is 5.92 Å². The fraction of sp³-hybridized carbons (Fsp3) is 0.700. The van der Waals surface area contributed by atoms with E-state index in [2.05, 4.69) is 15.1 Å². The van der Waals surface area contributed by atoms with Gasteiger partial charge in [0.2, 0.25) is 11.8 Å². The number of rotatable bonds is 3. The zero-order chi connectivity index (χ0) is 21.0. The topological polar surface area (TPSA) is 88.1 Å². The first-order valence-electron chi connectivity index (χ1n) is 10.2. The van der Waals surface area contributed by atoms with Gasteiger partial charge in [-0.2, -0.15) is 0 Å². The van der Waals surface area contributed by atoms with Crippen molar-refractivity contribution in [1.29, 1.82) is 0 Å². The quantitative estimate of drug-likeness (QED) is 0.757. The number of piperazine rings is 1. The standard InChI is InChI=1S/C20H31N5O4/c1-20(2,3)29-19(27)24-12-10-23(11-13-24)18(26)15-6-5-9-25(14-15)16-7-8-17(28-4)22-21-16/h7-8,15H,5-6,9-14H2,1-4H3. The van der Waals surface area contributed by atoms with Gasteiger partial charge in [0.25, 0.3) is 0 Å². The number of aromatic nitrogens is 2. The molecule has 0 aliphatic carbocycles. The van der Waals surface area contributed by atoms with Gasteiger partial charge in [-0.1, -0.05) is 0 Å². The monoisotopic (exact) mass is 405 g/mol. The highest BCUT2D eigenvalue weighted by molar-refractivity contribution is 5.80. The van der Waals surface area contributed by atoms with Crippen LogP contribution < -0.4 is 9.64 Å². The minimum atomic E-state index is -0.514. The zero-order valence-electron chi connectivity index (χ0n) is 17.8. The summed E-state index contributed by atoms with van der Waals surface area (Å²) in [5.41, 5.74) is -0.514. The molecule has 1 unspecified atom stereocenters. The number of hydrogen-bond donors (Lipinski definition) is 0. The van der Waals surface area contributed by atoms with Crippen molar-refractivity contribution in [3.05, 3.63) is 12.1 Å². The van der Waals surface area contributed by atoms with Gasteiger partial charge in [-0.15, -0.1) is 10.2 Å². The Morgan fingerprint density at radius 2 is 1.72 bits per heavy atom. The third kappa shape index (κ3) is 5.48. The lowest BCUT2D eigenvalue weighted by Gasteiger charge is -2.39. The van der Waals surface area contributed by atoms with E-state index >= 15 is 0 Å². The molecule has 0 bridgehead atoms. The summed E-state index contributed by atoms with van der Waals surface area (Å²) in [6.45, 7) is 9.13. The van der Waals surface area contributed by atoms with Crippen LogP contribution in [-0.4, -0.2) is 84.0 Å². The van der Waals surface area contributed by atoms with Crippen LogP contribution in [0.3, 0.4) is 0 Å². The number of piperidine rings is 1. The third-order valence-corrected chi connectivity index (χ3v) is 5.17. The van der Waals surface area contributed by atoms with Gasteiger partial charge >= 0.3 is 6.09 Å². The summed E-state index contributed by atoms with van der Waals surface area (Å²) in [6.07, 6.45) is 1.49. The third-order valence-electron chi connectivity index (χ3n) is 5.17. The minimum Gasteiger partial charge on any atom is -0.480 e. The first-order valence-corrected chi connectivity index (χ1v) is 10.2. The predicted molar refractivity (Wildman–Crippen MR) is 108 cm³/mol. The summed E-state index contributed by atoms with van der Waals surface area (Å²) < 4.78 is 10.5. The van der Waals surface area contributed by atoms with Crippen LogP contribution in [0.2, 0.25) is 0 Å². The Morgan fingerprint density at radius 1 is 1.03 bits per heavy atom. The van der Waals surface area contributed by atoms with Crippen molar-refractivity contribution in [3.63, 3.8) is 0 Å². The molecule has 2 amide bonds. The fourth-order valence-corrected chi connectivity index (χ4v) is 3.67. The van der Waals surface area contributed by atoms with Gasteiger partial charge < -0.3 is 24.2 Å². The average molecular weight is 405 g/mol. The molecule has 3 rings (SSSR count). The summed E-state index contributed by atoms with van der Waals surface area (Å²) in [5, 5.41) is 8.23. The number of methoxy groups -OCH3 is 1. The summed E-state index contributed by atoms with van der Waals surface area (Å²) in [6, 6.07) is 3.65. The van der Waals surface area contributed by atoms with Gasteiger partial charge in [-0.25, -0.2) is 4.79 Å². The summed E-state index contributed by atoms with van der Waals surface area (Å²) in [7, 11) is 1.56. The van der Waals surface area contributed by atoms with E-state index < -0.39 is 5.60 Å². The number of hydrogen-bond acceptors (Lipinski definition) is 7. The number of carbonyl (C=O) groups is 2. The molecule has 160 valence electrons. The maximum absolute atomic E-state index is 13.0. The van der Waals surface area contributed by atoms with Gasteiger partial charge in [0, 0.05) is 45.3 Å². The van der Waals surface area contributed by atoms with E-state index in [1.807, 2.05) is 31.7 Å². The molecule has 2 aliphatic heterocycles. The van der Waals surface area contributed by atoms with Crippen LogP contribution in [0.5, 0.6) is 5.88 Å². The number of carbonyl (C=O) groups excluding carboxylic acids is 2. The summed E-state index contributed by atoms with van der Waals surface area (Å²) in [4.78, 5) is 30.9. The largest absolute Gasteiger partial charge is 0.480 e. The van der Waals surface area contributed by atoms with Crippen LogP contribution in [-0.2, 0) is 9.53 Å². The molecule has 0 spiro atoms. The number of ether oxygens (including phenoxy) is 2. The molecule has 1 aromatic heterocycles. The van der Waals surface area contributed by atoms with Gasteiger partial charge in [-0.3, -0.25) is 4.79 Å². The molecular weight excluding hydrogens is 374 g/mol. The molecule has 0 N–H and O–H groups in total. The van der Waals surface area contributed by atoms with Crippen molar-refractivity contribution in [2.24, 2.45) is 5.92 Å². The molecule has 3 heterocycles. The van der Waals surface area contributed by atoms with Crippen molar-refractivity contribution in [2.45, 2.75) is 39.2 Å². The molecule has 0 aromatic carbocycles. The van der Waals surface area contributed by atoms with E-state index in [1.165, 1.54) is 0 Å². The van der Waals surface area contributed by atoms with E-state index in [4.69, 9.17) is 9.47 Å². The average Bonchev–Trinajstić information content (AvgIpc) is 2.72. The van der Waals surface area contributed by atoms with Crippen molar-refractivity contribution >= 4 is 17.8 Å². The number of anilines is 1. The zero-order valence-corrected chi connectivity index (χ0v) is 17.8. The molecule has 0 saturated carbocycles. The molecule has 29 heavy (non-hydrogen) atoms. The molecule has 1 aromatic rings. The van der Waals surface area contributed by atoms with E-state index in [-0.39, 0.29) is 17.9 Å². The van der Waals surface area contributed by atoms with Gasteiger partial charge in [0.1, 0.15) is 5.60 Å². The second-order valence-electron chi connectivity index (χ2n) is 8.51. The van der Waals surface area contributed by atoms with Crippen molar-refractivity contribution in [3.8, 4) is 5.88 Å². The highest BCUT2D eigenvalue weighted by Gasteiger charge is 2.33. The van der Waals surface area contributed by atoms with Crippen LogP contribution in [0.4, 0.5) is 10.6 Å². The lowest BCUT2D eigenvalue weighted by Crippen LogP contribution is -2.54. The first kappa shape index (κ1) is 21.1. The van der Waals surface area contributed by atoms with Crippen LogP contribution in [0.15, 0.2) is 12.1 Å². The summed E-state index contributed by atoms with van der Waals surface area (Å²) in [5.74, 6) is 1.32. The van der Waals surface area contributed by atoms with E-state index in [0.717, 1.165) is 25.2 Å². The first-order chi connectivity index (χ1) is 13.8. The highest BCUT2D eigenvalue weighted by atomic mass is 16.6. The Balaban J connectivity index is 1.53. The van der Waals surface area contributed by atoms with Crippen LogP contribution >= 0.6 is 0 Å². The van der Waals surface area contributed by atoms with Crippen molar-refractivity contribution in [1.82, 2.24) is 20.0 Å². The van der Waals surface area contributed by atoms with Gasteiger partial charge in [0.15, 0.2) is 5.82 Å². The fourth-order valence-electron chi connectivity index (χ4n) is 3.67. The van der Waals surface area contributed by atoms with E-state index in [1.54, 1.807) is 18.1 Å². The minimum absolute atomic E-state index is 0.0688. The van der Waals surface area contributed by atoms with Crippen molar-refractivity contribution in [2.75, 3.05) is 51.3 Å². The second kappa shape index (κ2) is 8.84. The normalized spacial score (nSPS) is 20.4. The molecule has 0 radical (unpaired) electrons. The lowest BCUT2D eigenvalue weighted by molar-refractivity contribution is -0.137. The molecule has 9 nitrogen and oxygen atoms in total. The highest BCUT2D eigenvalue weighted by Crippen LogP contribution is 2.24. The Bertz CT molecular complexity index is 711. The lowest BCUT2D eigenvalue weighted by atomic mass is 9.96. The molecule has 2 saturated heterocycles. The smallest absolute Gasteiger partial charge is 0.410 e. The Kier molecular flexibility index (Phi) is 6.44. The SMILES string of the molecule is COc1ccc(N2CCCC(C(=O)N3CCN(C(=O)OC(C)(C)C)CC3)C2)nn1. The molecule has 2 fully saturated rings. The van der Waals surface area contributed by atoms with Gasteiger partial charge in [0.05, 0.1) is 13.0 Å². The van der Waals surface area contributed by atoms with Crippen molar-refractivity contribution < 1.29 is 19.1 Å². The maximum atomic E-state index is 13.0. The van der Waals surface area contributed by atoms with Gasteiger partial charge in [-0.05, 0) is 39.7 Å². The Morgan fingerprint density at radius 3 is 2.31 bits per heavy atom. The summed E-state index contributed by atoms with van der Waals surface area (Å²) >= 11 is 0.